The Morgan fingerprint density at radius 2 is 1.87 bits per heavy atom. The van der Waals surface area contributed by atoms with Crippen molar-refractivity contribution in [2.24, 2.45) is 5.92 Å². The number of nitrogens with zero attached hydrogens (tertiary/aromatic N) is 5. The highest BCUT2D eigenvalue weighted by atomic mass is 19.1. The van der Waals surface area contributed by atoms with Gasteiger partial charge >= 0.3 is 0 Å². The van der Waals surface area contributed by atoms with Crippen molar-refractivity contribution in [2.75, 3.05) is 32.7 Å². The molecule has 7 rings (SSSR count). The van der Waals surface area contributed by atoms with Gasteiger partial charge < -0.3 is 15.6 Å². The second kappa shape index (κ2) is 13.3. The Morgan fingerprint density at radius 3 is 2.72 bits per heavy atom. The number of rotatable bonds is 11. The van der Waals surface area contributed by atoms with Gasteiger partial charge in [-0.05, 0) is 53.1 Å². The molecule has 2 aromatic carbocycles. The van der Waals surface area contributed by atoms with Crippen LogP contribution in [0, 0.1) is 11.7 Å². The molecular weight excluding hydrogens is 597 g/mol. The molecule has 47 heavy (non-hydrogen) atoms. The summed E-state index contributed by atoms with van der Waals surface area (Å²) in [4.78, 5) is 42.3. The van der Waals surface area contributed by atoms with E-state index in [4.69, 9.17) is 4.98 Å². The van der Waals surface area contributed by atoms with Crippen LogP contribution in [0.2, 0.25) is 0 Å². The van der Waals surface area contributed by atoms with Gasteiger partial charge in [0.1, 0.15) is 11.5 Å². The first-order valence-electron chi connectivity index (χ1n) is 15.7. The number of aromatic nitrogens is 6. The number of hydrogen-bond acceptors (Lipinski definition) is 9. The molecule has 5 heterocycles. The van der Waals surface area contributed by atoms with Crippen molar-refractivity contribution in [3.63, 3.8) is 0 Å². The number of ketones is 1. The van der Waals surface area contributed by atoms with Crippen molar-refractivity contribution in [1.29, 1.82) is 0 Å². The molecule has 11 nitrogen and oxygen atoms in total. The Labute approximate surface area is 270 Å². The summed E-state index contributed by atoms with van der Waals surface area (Å²) in [7, 11) is 0. The number of nitrogens with one attached hydrogen (secondary N) is 4. The van der Waals surface area contributed by atoms with Crippen molar-refractivity contribution in [3.05, 3.63) is 84.1 Å². The van der Waals surface area contributed by atoms with Crippen LogP contribution >= 0.6 is 0 Å². The summed E-state index contributed by atoms with van der Waals surface area (Å²) in [6, 6.07) is 14.8. The van der Waals surface area contributed by atoms with Gasteiger partial charge in [-0.1, -0.05) is 19.1 Å². The summed E-state index contributed by atoms with van der Waals surface area (Å²) < 4.78 is 14.8. The van der Waals surface area contributed by atoms with Crippen molar-refractivity contribution >= 4 is 34.1 Å². The Hall–Kier alpha value is -5.17. The Kier molecular flexibility index (Phi) is 8.62. The number of para-hydroxylation sites is 1. The van der Waals surface area contributed by atoms with Crippen molar-refractivity contribution in [2.45, 2.75) is 20.0 Å². The van der Waals surface area contributed by atoms with E-state index in [-0.39, 0.29) is 5.82 Å². The van der Waals surface area contributed by atoms with Crippen LogP contribution in [0.4, 0.5) is 4.39 Å². The number of H-pyrrole nitrogens is 2. The van der Waals surface area contributed by atoms with Gasteiger partial charge in [0.15, 0.2) is 23.5 Å². The molecule has 12 heteroatoms. The van der Waals surface area contributed by atoms with E-state index in [1.54, 1.807) is 6.92 Å². The highest BCUT2D eigenvalue weighted by Crippen LogP contribution is 2.33. The number of piperazine rings is 1. The molecule has 1 atom stereocenters. The van der Waals surface area contributed by atoms with E-state index in [1.165, 1.54) is 12.1 Å². The zero-order valence-corrected chi connectivity index (χ0v) is 25.9. The number of aldehydes is 1. The number of carbonyl (C=O) groups excluding carboxylic acids is 2. The lowest BCUT2D eigenvalue weighted by Gasteiger charge is -2.27. The average Bonchev–Trinajstić information content (AvgIpc) is 3.72. The predicted molar refractivity (Wildman–Crippen MR) is 178 cm³/mol. The number of aromatic amines is 2. The van der Waals surface area contributed by atoms with E-state index < -0.39 is 11.7 Å². The third kappa shape index (κ3) is 6.57. The van der Waals surface area contributed by atoms with Crippen LogP contribution in [0.5, 0.6) is 0 Å². The standard InChI is InChI=1S/C35H34FN9O2/c1-21(31(47)20-46)14-38-15-22-9-24(12-27(36)11-22)28-3-2-4-30-32(28)42-35(41-30)33-29-13-26(18-40-34(29)44-43-33)25-10-23(16-39-17-25)19-45-7-5-37-6-8-45/h2-4,9-13,16-18,20-21,37-38H,5-8,14-15,19H2,1H3,(H,41,42)(H,40,43,44). The minimum atomic E-state index is -0.469. The van der Waals surface area contributed by atoms with Crippen LogP contribution in [0.3, 0.4) is 0 Å². The zero-order valence-electron chi connectivity index (χ0n) is 25.9. The number of pyridine rings is 2. The summed E-state index contributed by atoms with van der Waals surface area (Å²) in [6.45, 7) is 7.20. The second-order valence-corrected chi connectivity index (χ2v) is 12.0. The molecule has 0 radical (unpaired) electrons. The van der Waals surface area contributed by atoms with Crippen molar-refractivity contribution in [1.82, 2.24) is 45.7 Å². The molecule has 6 aromatic rings. The third-order valence-corrected chi connectivity index (χ3v) is 8.55. The van der Waals surface area contributed by atoms with Crippen molar-refractivity contribution < 1.29 is 14.0 Å². The predicted octanol–water partition coefficient (Wildman–Crippen LogP) is 4.27. The zero-order chi connectivity index (χ0) is 32.3. The summed E-state index contributed by atoms with van der Waals surface area (Å²) in [5, 5.41) is 14.9. The quantitative estimate of drug-likeness (QED) is 0.122. The number of carbonyl (C=O) groups is 2. The van der Waals surface area contributed by atoms with Crippen LogP contribution in [0.1, 0.15) is 18.1 Å². The van der Waals surface area contributed by atoms with Crippen LogP contribution in [-0.2, 0) is 22.7 Å². The van der Waals surface area contributed by atoms with Gasteiger partial charge in [0.05, 0.1) is 16.4 Å². The van der Waals surface area contributed by atoms with Gasteiger partial charge in [-0.15, -0.1) is 0 Å². The number of imidazole rings is 1. The van der Waals surface area contributed by atoms with Gasteiger partial charge in [-0.2, -0.15) is 5.10 Å². The fraction of sp³-hybridized carbons (Fsp3) is 0.257. The monoisotopic (exact) mass is 631 g/mol. The Morgan fingerprint density at radius 1 is 1.04 bits per heavy atom. The first kappa shape index (κ1) is 30.5. The van der Waals surface area contributed by atoms with Gasteiger partial charge in [-0.25, -0.2) is 14.4 Å². The fourth-order valence-electron chi connectivity index (χ4n) is 6.04. The SMILES string of the molecule is CC(CNCc1cc(F)cc(-c2cccc3[nH]c(-c4[nH]nc5ncc(-c6cncc(CN7CCNCC7)c6)cc45)nc23)c1)C(=O)C=O. The first-order valence-corrected chi connectivity index (χ1v) is 15.7. The smallest absolute Gasteiger partial charge is 0.199 e. The third-order valence-electron chi connectivity index (χ3n) is 8.55. The van der Waals surface area contributed by atoms with Gasteiger partial charge in [0.2, 0.25) is 0 Å². The van der Waals surface area contributed by atoms with Gasteiger partial charge in [-0.3, -0.25) is 24.6 Å². The second-order valence-electron chi connectivity index (χ2n) is 12.0. The first-order chi connectivity index (χ1) is 22.9. The normalized spacial score (nSPS) is 14.5. The molecule has 1 saturated heterocycles. The molecule has 0 spiro atoms. The number of hydrogen-bond donors (Lipinski definition) is 4. The van der Waals surface area contributed by atoms with E-state index in [0.717, 1.165) is 65.9 Å². The van der Waals surface area contributed by atoms with E-state index in [9.17, 15) is 14.0 Å². The maximum absolute atomic E-state index is 14.8. The van der Waals surface area contributed by atoms with E-state index >= 15 is 0 Å². The molecule has 1 unspecified atom stereocenters. The molecule has 4 aromatic heterocycles. The molecule has 0 bridgehead atoms. The minimum absolute atomic E-state index is 0.314. The molecule has 1 fully saturated rings. The number of fused-ring (bicyclic) bond motifs is 2. The lowest BCUT2D eigenvalue weighted by atomic mass is 10.0. The molecular formula is C35H34FN9O2. The summed E-state index contributed by atoms with van der Waals surface area (Å²) in [5.41, 5.74) is 7.96. The maximum Gasteiger partial charge on any atom is 0.199 e. The number of Topliss-reactive ketones (excluding diaryl/α,β-unsaturated/α-hetero) is 1. The lowest BCUT2D eigenvalue weighted by molar-refractivity contribution is -0.132. The Balaban J connectivity index is 1.17. The van der Waals surface area contributed by atoms with Crippen LogP contribution in [0.25, 0.3) is 55.8 Å². The summed E-state index contributed by atoms with van der Waals surface area (Å²) >= 11 is 0. The van der Waals surface area contributed by atoms with Gasteiger partial charge in [0, 0.05) is 87.0 Å². The molecule has 238 valence electrons. The average molecular weight is 632 g/mol. The van der Waals surface area contributed by atoms with E-state index in [2.05, 4.69) is 52.8 Å². The Bertz CT molecular complexity index is 2080. The van der Waals surface area contributed by atoms with Crippen LogP contribution < -0.4 is 10.6 Å². The van der Waals surface area contributed by atoms with Gasteiger partial charge in [0.25, 0.3) is 0 Å². The van der Waals surface area contributed by atoms with Crippen LogP contribution in [0.15, 0.2) is 67.1 Å². The highest BCUT2D eigenvalue weighted by molar-refractivity contribution is 6.25. The van der Waals surface area contributed by atoms with E-state index in [1.807, 2.05) is 42.9 Å². The molecule has 0 aliphatic carbocycles. The van der Waals surface area contributed by atoms with Crippen LogP contribution in [-0.4, -0.2) is 79.8 Å². The molecule has 0 saturated carbocycles. The largest absolute Gasteiger partial charge is 0.337 e. The number of benzene rings is 2. The maximum atomic E-state index is 14.8. The highest BCUT2D eigenvalue weighted by Gasteiger charge is 2.18. The van der Waals surface area contributed by atoms with Crippen molar-refractivity contribution in [3.8, 4) is 33.8 Å². The molecule has 4 N–H and O–H groups in total. The molecule has 0 amide bonds. The minimum Gasteiger partial charge on any atom is -0.337 e. The fourth-order valence-corrected chi connectivity index (χ4v) is 6.04. The lowest BCUT2D eigenvalue weighted by Crippen LogP contribution is -2.42. The summed E-state index contributed by atoms with van der Waals surface area (Å²) in [5.74, 6) is -0.714. The number of halogens is 1. The topological polar surface area (TPSA) is 145 Å². The molecule has 1 aliphatic rings. The molecule has 1 aliphatic heterocycles. The summed E-state index contributed by atoms with van der Waals surface area (Å²) in [6.07, 6.45) is 5.92. The van der Waals surface area contributed by atoms with E-state index in [0.29, 0.717) is 53.2 Å².